The minimum atomic E-state index is -0.312. The van der Waals surface area contributed by atoms with Crippen molar-refractivity contribution in [3.05, 3.63) is 47.3 Å². The third-order valence-corrected chi connectivity index (χ3v) is 3.14. The van der Waals surface area contributed by atoms with Gasteiger partial charge in [0.1, 0.15) is 5.82 Å². The minimum absolute atomic E-state index is 0.0555. The maximum Gasteiger partial charge on any atom is 0.251 e. The van der Waals surface area contributed by atoms with Crippen LogP contribution < -0.4 is 5.32 Å². The second-order valence-electron chi connectivity index (χ2n) is 4.61. The molecule has 0 saturated carbocycles. The van der Waals surface area contributed by atoms with Gasteiger partial charge in [0, 0.05) is 24.1 Å². The molecule has 1 aromatic rings. The highest BCUT2D eigenvalue weighted by Crippen LogP contribution is 2.17. The van der Waals surface area contributed by atoms with Crippen molar-refractivity contribution in [2.75, 3.05) is 6.61 Å². The Hall–Kier alpha value is -1.68. The van der Waals surface area contributed by atoms with Crippen molar-refractivity contribution in [3.63, 3.8) is 0 Å². The summed E-state index contributed by atoms with van der Waals surface area (Å²) in [7, 11) is 0. The normalized spacial score (nSPS) is 22.2. The van der Waals surface area contributed by atoms with Gasteiger partial charge in [-0.05, 0) is 37.1 Å². The monoisotopic (exact) mass is 249 g/mol. The van der Waals surface area contributed by atoms with E-state index in [-0.39, 0.29) is 30.3 Å². The molecule has 0 unspecified atom stereocenters. The number of hydrogen-bond donors (Lipinski definition) is 2. The van der Waals surface area contributed by atoms with Gasteiger partial charge >= 0.3 is 0 Å². The Balaban J connectivity index is 2.00. The number of benzene rings is 1. The van der Waals surface area contributed by atoms with Crippen LogP contribution in [0.25, 0.3) is 0 Å². The largest absolute Gasteiger partial charge is 0.396 e. The second-order valence-corrected chi connectivity index (χ2v) is 4.61. The lowest BCUT2D eigenvalue weighted by molar-refractivity contribution is 0.0941. The van der Waals surface area contributed by atoms with Crippen molar-refractivity contribution in [3.8, 4) is 0 Å². The van der Waals surface area contributed by atoms with E-state index >= 15 is 0 Å². The van der Waals surface area contributed by atoms with Crippen LogP contribution in [0.5, 0.6) is 0 Å². The second kappa shape index (κ2) is 5.31. The van der Waals surface area contributed by atoms with Crippen LogP contribution in [0, 0.1) is 18.7 Å². The first-order valence-electron chi connectivity index (χ1n) is 5.96. The van der Waals surface area contributed by atoms with E-state index in [9.17, 15) is 9.18 Å². The molecule has 1 aromatic carbocycles. The first-order valence-corrected chi connectivity index (χ1v) is 5.96. The molecule has 0 spiro atoms. The molecule has 0 heterocycles. The molecule has 18 heavy (non-hydrogen) atoms. The molecule has 2 N–H and O–H groups in total. The Morgan fingerprint density at radius 3 is 2.89 bits per heavy atom. The summed E-state index contributed by atoms with van der Waals surface area (Å²) in [6.07, 6.45) is 4.50. The highest BCUT2D eigenvalue weighted by Gasteiger charge is 2.20. The van der Waals surface area contributed by atoms with Gasteiger partial charge in [0.15, 0.2) is 0 Å². The SMILES string of the molecule is Cc1cc(C(=O)N[C@@H]2C=C[C@H](CO)C2)ccc1F. The third kappa shape index (κ3) is 2.76. The topological polar surface area (TPSA) is 49.3 Å². The number of halogens is 1. The number of hydrogen-bond acceptors (Lipinski definition) is 2. The molecular formula is C14H16FNO2. The van der Waals surface area contributed by atoms with Crippen LogP contribution in [-0.2, 0) is 0 Å². The zero-order valence-corrected chi connectivity index (χ0v) is 10.2. The zero-order valence-electron chi connectivity index (χ0n) is 10.2. The molecular weight excluding hydrogens is 233 g/mol. The lowest BCUT2D eigenvalue weighted by atomic mass is 10.1. The van der Waals surface area contributed by atoms with Crippen LogP contribution in [0.2, 0.25) is 0 Å². The Morgan fingerprint density at radius 1 is 1.50 bits per heavy atom. The van der Waals surface area contributed by atoms with Crippen molar-refractivity contribution in [1.82, 2.24) is 5.32 Å². The summed E-state index contributed by atoms with van der Waals surface area (Å²) in [4.78, 5) is 11.9. The van der Waals surface area contributed by atoms with Crippen LogP contribution in [0.1, 0.15) is 22.3 Å². The molecule has 1 aliphatic rings. The number of carbonyl (C=O) groups is 1. The standard InChI is InChI=1S/C14H16FNO2/c1-9-6-11(3-5-13(9)15)14(18)16-12-4-2-10(7-12)8-17/h2-6,10,12,17H,7-8H2,1H3,(H,16,18)/t10-,12+/m0/s1. The summed E-state index contributed by atoms with van der Waals surface area (Å²) in [5.41, 5.74) is 0.910. The van der Waals surface area contributed by atoms with Crippen LogP contribution in [-0.4, -0.2) is 23.7 Å². The predicted octanol–water partition coefficient (Wildman–Crippen LogP) is 1.80. The number of nitrogens with one attached hydrogen (secondary N) is 1. The van der Waals surface area contributed by atoms with E-state index in [1.54, 1.807) is 6.92 Å². The van der Waals surface area contributed by atoms with Gasteiger partial charge in [-0.2, -0.15) is 0 Å². The summed E-state index contributed by atoms with van der Waals surface area (Å²) < 4.78 is 13.1. The molecule has 0 fully saturated rings. The first kappa shape index (κ1) is 12.8. The Labute approximate surface area is 105 Å². The van der Waals surface area contributed by atoms with Gasteiger partial charge in [0.05, 0.1) is 0 Å². The molecule has 0 aromatic heterocycles. The highest BCUT2D eigenvalue weighted by molar-refractivity contribution is 5.94. The fourth-order valence-electron chi connectivity index (χ4n) is 2.05. The van der Waals surface area contributed by atoms with Crippen molar-refractivity contribution in [1.29, 1.82) is 0 Å². The van der Waals surface area contributed by atoms with Crippen LogP contribution in [0.4, 0.5) is 4.39 Å². The van der Waals surface area contributed by atoms with Gasteiger partial charge in [-0.1, -0.05) is 12.2 Å². The summed E-state index contributed by atoms with van der Waals surface area (Å²) in [5, 5.41) is 11.8. The van der Waals surface area contributed by atoms with E-state index in [0.717, 1.165) is 0 Å². The van der Waals surface area contributed by atoms with Gasteiger partial charge in [-0.3, -0.25) is 4.79 Å². The summed E-state index contributed by atoms with van der Waals surface area (Å²) in [6.45, 7) is 1.72. The van der Waals surface area contributed by atoms with Crippen LogP contribution in [0.3, 0.4) is 0 Å². The summed E-state index contributed by atoms with van der Waals surface area (Å²) in [6, 6.07) is 4.25. The first-order chi connectivity index (χ1) is 8.60. The Bertz CT molecular complexity index is 485. The maximum atomic E-state index is 13.1. The van der Waals surface area contributed by atoms with E-state index in [1.807, 2.05) is 12.2 Å². The highest BCUT2D eigenvalue weighted by atomic mass is 19.1. The summed E-state index contributed by atoms with van der Waals surface area (Å²) >= 11 is 0. The average molecular weight is 249 g/mol. The van der Waals surface area contributed by atoms with Crippen LogP contribution >= 0.6 is 0 Å². The Morgan fingerprint density at radius 2 is 2.28 bits per heavy atom. The quantitative estimate of drug-likeness (QED) is 0.802. The molecule has 3 nitrogen and oxygen atoms in total. The minimum Gasteiger partial charge on any atom is -0.396 e. The lowest BCUT2D eigenvalue weighted by Gasteiger charge is -2.13. The van der Waals surface area contributed by atoms with Crippen molar-refractivity contribution in [2.45, 2.75) is 19.4 Å². The van der Waals surface area contributed by atoms with Gasteiger partial charge in [0.25, 0.3) is 5.91 Å². The van der Waals surface area contributed by atoms with E-state index in [4.69, 9.17) is 5.11 Å². The molecule has 96 valence electrons. The zero-order chi connectivity index (χ0) is 13.1. The van der Waals surface area contributed by atoms with Crippen molar-refractivity contribution < 1.29 is 14.3 Å². The third-order valence-electron chi connectivity index (χ3n) is 3.14. The molecule has 4 heteroatoms. The average Bonchev–Trinajstić information content (AvgIpc) is 2.80. The van der Waals surface area contributed by atoms with E-state index < -0.39 is 0 Å². The predicted molar refractivity (Wildman–Crippen MR) is 66.7 cm³/mol. The summed E-state index contributed by atoms with van der Waals surface area (Å²) in [5.74, 6) is -0.413. The fourth-order valence-corrected chi connectivity index (χ4v) is 2.05. The van der Waals surface area contributed by atoms with E-state index in [0.29, 0.717) is 17.5 Å². The number of aliphatic hydroxyl groups is 1. The van der Waals surface area contributed by atoms with Crippen LogP contribution in [0.15, 0.2) is 30.4 Å². The van der Waals surface area contributed by atoms with Gasteiger partial charge in [0.2, 0.25) is 0 Å². The molecule has 0 bridgehead atoms. The fraction of sp³-hybridized carbons (Fsp3) is 0.357. The van der Waals surface area contributed by atoms with Gasteiger partial charge in [-0.25, -0.2) is 4.39 Å². The molecule has 2 atom stereocenters. The molecule has 0 aliphatic heterocycles. The van der Waals surface area contributed by atoms with E-state index in [1.165, 1.54) is 18.2 Å². The number of amides is 1. The molecule has 1 amide bonds. The van der Waals surface area contributed by atoms with Gasteiger partial charge in [-0.15, -0.1) is 0 Å². The van der Waals surface area contributed by atoms with Crippen molar-refractivity contribution >= 4 is 5.91 Å². The molecule has 0 radical (unpaired) electrons. The molecule has 2 rings (SSSR count). The number of rotatable bonds is 3. The maximum absolute atomic E-state index is 13.1. The number of carbonyl (C=O) groups excluding carboxylic acids is 1. The molecule has 1 aliphatic carbocycles. The lowest BCUT2D eigenvalue weighted by Crippen LogP contribution is -2.32. The van der Waals surface area contributed by atoms with Crippen molar-refractivity contribution in [2.24, 2.45) is 5.92 Å². The number of aliphatic hydroxyl groups excluding tert-OH is 1. The van der Waals surface area contributed by atoms with Gasteiger partial charge < -0.3 is 10.4 Å². The Kier molecular flexibility index (Phi) is 3.77. The van der Waals surface area contributed by atoms with E-state index in [2.05, 4.69) is 5.32 Å². The molecule has 0 saturated heterocycles. The number of aryl methyl sites for hydroxylation is 1. The smallest absolute Gasteiger partial charge is 0.251 e.